The van der Waals surface area contributed by atoms with Gasteiger partial charge in [-0.2, -0.15) is 0 Å². The molecule has 3 fully saturated rings. The molecule has 3 nitrogen and oxygen atoms in total. The fourth-order valence-electron chi connectivity index (χ4n) is 5.93. The van der Waals surface area contributed by atoms with Crippen LogP contribution in [0.4, 0.5) is 0 Å². The number of carbonyl (C=O) groups excluding carboxylic acids is 1. The van der Waals surface area contributed by atoms with Gasteiger partial charge in [0.1, 0.15) is 0 Å². The molecule has 1 saturated heterocycles. The number of aryl methyl sites for hydroxylation is 1. The van der Waals surface area contributed by atoms with Crippen LogP contribution in [0.15, 0.2) is 24.3 Å². The minimum Gasteiger partial charge on any atom is -0.335 e. The van der Waals surface area contributed by atoms with Gasteiger partial charge in [0, 0.05) is 18.5 Å². The van der Waals surface area contributed by atoms with Crippen molar-refractivity contribution in [3.05, 3.63) is 35.4 Å². The largest absolute Gasteiger partial charge is 0.335 e. The van der Waals surface area contributed by atoms with Crippen LogP contribution in [0.5, 0.6) is 0 Å². The summed E-state index contributed by atoms with van der Waals surface area (Å²) in [6, 6.07) is 9.40. The fraction of sp³-hybridized carbons (Fsp3) is 0.696. The number of carbonyl (C=O) groups is 1. The van der Waals surface area contributed by atoms with Crippen molar-refractivity contribution in [3.63, 3.8) is 0 Å². The van der Waals surface area contributed by atoms with Crippen molar-refractivity contribution in [3.8, 4) is 0 Å². The molecule has 1 amide bonds. The molecule has 2 bridgehead atoms. The Morgan fingerprint density at radius 2 is 1.69 bits per heavy atom. The minimum atomic E-state index is 0.198. The van der Waals surface area contributed by atoms with Crippen LogP contribution in [-0.2, 0) is 4.79 Å². The number of fused-ring (bicyclic) bond motifs is 2. The molecule has 1 aromatic rings. The second-order valence-electron chi connectivity index (χ2n) is 9.20. The lowest BCUT2D eigenvalue weighted by Crippen LogP contribution is -2.51. The number of rotatable bonds is 2. The van der Waals surface area contributed by atoms with E-state index in [9.17, 15) is 4.79 Å². The third-order valence-electron chi connectivity index (χ3n) is 7.40. The summed E-state index contributed by atoms with van der Waals surface area (Å²) in [6.07, 6.45) is 8.12. The van der Waals surface area contributed by atoms with Crippen LogP contribution in [-0.4, -0.2) is 23.4 Å². The Balaban J connectivity index is 1.56. The lowest BCUT2D eigenvalue weighted by atomic mass is 9.64. The zero-order valence-electron chi connectivity index (χ0n) is 16.4. The maximum Gasteiger partial charge on any atom is 0.226 e. The number of likely N-dealkylation sites (tertiary alicyclic amines) is 1. The summed E-state index contributed by atoms with van der Waals surface area (Å²) in [6.45, 7) is 5.36. The molecule has 26 heavy (non-hydrogen) atoms. The fourth-order valence-corrected chi connectivity index (χ4v) is 5.93. The first-order valence-corrected chi connectivity index (χ1v) is 10.7. The quantitative estimate of drug-likeness (QED) is 0.853. The molecular weight excluding hydrogens is 320 g/mol. The molecule has 1 aromatic carbocycles. The number of amides is 1. The standard InChI is InChI=1S/C23H34N2O/c1-15-8-10-17(11-9-15)22-16(2)5-4-12-25(22)23(26)20-13-18-6-3-7-19(14-20)21(18)24/h8-11,16,18-22H,3-7,12-14,24H2,1-2H3. The summed E-state index contributed by atoms with van der Waals surface area (Å²) in [4.78, 5) is 15.8. The number of piperidine rings is 1. The maximum atomic E-state index is 13.6. The average Bonchev–Trinajstić information content (AvgIpc) is 2.62. The Morgan fingerprint density at radius 3 is 2.35 bits per heavy atom. The van der Waals surface area contributed by atoms with Gasteiger partial charge in [-0.3, -0.25) is 4.79 Å². The number of benzene rings is 1. The smallest absolute Gasteiger partial charge is 0.226 e. The van der Waals surface area contributed by atoms with Crippen molar-refractivity contribution in [2.24, 2.45) is 29.4 Å². The van der Waals surface area contributed by atoms with Crippen molar-refractivity contribution in [2.75, 3.05) is 6.54 Å². The zero-order valence-corrected chi connectivity index (χ0v) is 16.4. The van der Waals surface area contributed by atoms with Crippen molar-refractivity contribution >= 4 is 5.91 Å². The number of nitrogens with zero attached hydrogens (tertiary/aromatic N) is 1. The lowest BCUT2D eigenvalue weighted by molar-refractivity contribution is -0.144. The first-order chi connectivity index (χ1) is 12.5. The summed E-state index contributed by atoms with van der Waals surface area (Å²) in [5.41, 5.74) is 9.05. The molecule has 2 N–H and O–H groups in total. The second-order valence-corrected chi connectivity index (χ2v) is 9.20. The van der Waals surface area contributed by atoms with Gasteiger partial charge in [-0.05, 0) is 68.8 Å². The first-order valence-electron chi connectivity index (χ1n) is 10.7. The van der Waals surface area contributed by atoms with Gasteiger partial charge in [-0.15, -0.1) is 0 Å². The van der Waals surface area contributed by atoms with Gasteiger partial charge < -0.3 is 10.6 Å². The Kier molecular flexibility index (Phi) is 5.09. The summed E-state index contributed by atoms with van der Waals surface area (Å²) < 4.78 is 0. The molecule has 3 heteroatoms. The molecule has 2 aliphatic carbocycles. The zero-order chi connectivity index (χ0) is 18.3. The van der Waals surface area contributed by atoms with Crippen LogP contribution in [0.3, 0.4) is 0 Å². The van der Waals surface area contributed by atoms with E-state index in [2.05, 4.69) is 43.0 Å². The highest BCUT2D eigenvalue weighted by molar-refractivity contribution is 5.79. The normalized spacial score (nSPS) is 37.4. The molecule has 142 valence electrons. The lowest BCUT2D eigenvalue weighted by Gasteiger charge is -2.47. The third kappa shape index (κ3) is 3.31. The topological polar surface area (TPSA) is 46.3 Å². The van der Waals surface area contributed by atoms with Gasteiger partial charge in [0.2, 0.25) is 5.91 Å². The van der Waals surface area contributed by atoms with Gasteiger partial charge in [-0.1, -0.05) is 43.2 Å². The molecule has 4 atom stereocenters. The first kappa shape index (κ1) is 18.0. The summed E-state index contributed by atoms with van der Waals surface area (Å²) in [5, 5.41) is 0. The van der Waals surface area contributed by atoms with Crippen LogP contribution in [0.2, 0.25) is 0 Å². The van der Waals surface area contributed by atoms with Gasteiger partial charge >= 0.3 is 0 Å². The Hall–Kier alpha value is -1.35. The summed E-state index contributed by atoms with van der Waals surface area (Å²) >= 11 is 0. The van der Waals surface area contributed by atoms with Gasteiger partial charge in [0.25, 0.3) is 0 Å². The minimum absolute atomic E-state index is 0.198. The SMILES string of the molecule is Cc1ccc(C2C(C)CCCN2C(=O)C2CC3CCCC(C2)C3N)cc1. The van der Waals surface area contributed by atoms with E-state index in [0.29, 0.717) is 29.7 Å². The molecular formula is C23H34N2O. The molecule has 1 heterocycles. The predicted octanol–water partition coefficient (Wildman–Crippen LogP) is 4.45. The van der Waals surface area contributed by atoms with Crippen molar-refractivity contribution < 1.29 is 4.79 Å². The predicted molar refractivity (Wildman–Crippen MR) is 106 cm³/mol. The number of nitrogens with two attached hydrogens (primary N) is 1. The van der Waals surface area contributed by atoms with E-state index >= 15 is 0 Å². The highest BCUT2D eigenvalue weighted by Crippen LogP contribution is 2.44. The van der Waals surface area contributed by atoms with Crippen molar-refractivity contribution in [2.45, 2.75) is 70.9 Å². The molecule has 0 radical (unpaired) electrons. The summed E-state index contributed by atoms with van der Waals surface area (Å²) in [7, 11) is 0. The third-order valence-corrected chi connectivity index (χ3v) is 7.40. The Morgan fingerprint density at radius 1 is 1.04 bits per heavy atom. The maximum absolute atomic E-state index is 13.6. The van der Waals surface area contributed by atoms with Gasteiger partial charge in [0.15, 0.2) is 0 Å². The van der Waals surface area contributed by atoms with E-state index in [1.807, 2.05) is 0 Å². The monoisotopic (exact) mass is 354 g/mol. The van der Waals surface area contributed by atoms with Crippen LogP contribution in [0.25, 0.3) is 0 Å². The highest BCUT2D eigenvalue weighted by Gasteiger charge is 2.43. The molecule has 1 aliphatic heterocycles. The molecule has 4 unspecified atom stereocenters. The molecule has 0 spiro atoms. The summed E-state index contributed by atoms with van der Waals surface area (Å²) in [5.74, 6) is 2.27. The van der Waals surface area contributed by atoms with Gasteiger partial charge in [-0.25, -0.2) is 0 Å². The van der Waals surface area contributed by atoms with Crippen LogP contribution in [0.1, 0.15) is 69.0 Å². The second kappa shape index (κ2) is 7.34. The van der Waals surface area contributed by atoms with Gasteiger partial charge in [0.05, 0.1) is 6.04 Å². The molecule has 4 rings (SSSR count). The number of hydrogen-bond acceptors (Lipinski definition) is 2. The van der Waals surface area contributed by atoms with E-state index in [0.717, 1.165) is 25.8 Å². The number of hydrogen-bond donors (Lipinski definition) is 1. The van der Waals surface area contributed by atoms with Crippen LogP contribution >= 0.6 is 0 Å². The highest BCUT2D eigenvalue weighted by atomic mass is 16.2. The van der Waals surface area contributed by atoms with Crippen molar-refractivity contribution in [1.29, 1.82) is 0 Å². The molecule has 3 aliphatic rings. The van der Waals surface area contributed by atoms with E-state index in [1.165, 1.54) is 36.8 Å². The Bertz CT molecular complexity index is 626. The van der Waals surface area contributed by atoms with E-state index < -0.39 is 0 Å². The average molecular weight is 355 g/mol. The molecule has 0 aromatic heterocycles. The van der Waals surface area contributed by atoms with Crippen molar-refractivity contribution in [1.82, 2.24) is 4.90 Å². The van der Waals surface area contributed by atoms with Crippen LogP contribution in [0, 0.1) is 30.6 Å². The Labute approximate surface area is 158 Å². The van der Waals surface area contributed by atoms with Crippen LogP contribution < -0.4 is 5.73 Å². The van der Waals surface area contributed by atoms with E-state index in [4.69, 9.17) is 5.73 Å². The van der Waals surface area contributed by atoms with E-state index in [-0.39, 0.29) is 12.0 Å². The van der Waals surface area contributed by atoms with E-state index in [1.54, 1.807) is 0 Å². The molecule has 2 saturated carbocycles.